The van der Waals surface area contributed by atoms with Gasteiger partial charge in [-0.15, -0.1) is 0 Å². The Morgan fingerprint density at radius 1 is 1.44 bits per heavy atom. The molecule has 4 heteroatoms. The molecule has 2 N–H and O–H groups in total. The lowest BCUT2D eigenvalue weighted by Gasteiger charge is -2.34. The maximum Gasteiger partial charge on any atom is 0.128 e. The second-order valence-corrected chi connectivity index (χ2v) is 5.16. The molecule has 0 bridgehead atoms. The van der Waals surface area contributed by atoms with E-state index < -0.39 is 0 Å². The van der Waals surface area contributed by atoms with Crippen molar-refractivity contribution in [2.24, 2.45) is 11.7 Å². The number of hydrogen-bond acceptors (Lipinski definition) is 2. The van der Waals surface area contributed by atoms with E-state index in [2.05, 4.69) is 15.9 Å². The van der Waals surface area contributed by atoms with Crippen LogP contribution in [0.15, 0.2) is 22.7 Å². The Bertz CT molecular complexity index is 366. The van der Waals surface area contributed by atoms with E-state index in [9.17, 15) is 4.39 Å². The van der Waals surface area contributed by atoms with E-state index >= 15 is 0 Å². The van der Waals surface area contributed by atoms with Crippen LogP contribution >= 0.6 is 15.9 Å². The van der Waals surface area contributed by atoms with Crippen molar-refractivity contribution in [3.05, 3.63) is 34.1 Å². The molecule has 0 aliphatic heterocycles. The van der Waals surface area contributed by atoms with Crippen LogP contribution in [0.5, 0.6) is 0 Å². The Balaban J connectivity index is 1.83. The van der Waals surface area contributed by atoms with E-state index in [0.29, 0.717) is 18.1 Å². The zero-order valence-corrected chi connectivity index (χ0v) is 10.5. The largest absolute Gasteiger partial charge is 0.373 e. The van der Waals surface area contributed by atoms with Crippen LogP contribution < -0.4 is 5.73 Å². The summed E-state index contributed by atoms with van der Waals surface area (Å²) >= 11 is 3.32. The van der Waals surface area contributed by atoms with Gasteiger partial charge in [0.25, 0.3) is 0 Å². The maximum atomic E-state index is 13.4. The van der Waals surface area contributed by atoms with Crippen molar-refractivity contribution in [2.75, 3.05) is 6.54 Å². The van der Waals surface area contributed by atoms with Gasteiger partial charge in [-0.25, -0.2) is 4.39 Å². The SMILES string of the molecule is NCC1CC(OCc2cc(Br)ccc2F)C1. The molecule has 2 rings (SSSR count). The third-order valence-electron chi connectivity index (χ3n) is 3.01. The summed E-state index contributed by atoms with van der Waals surface area (Å²) < 4.78 is 19.9. The quantitative estimate of drug-likeness (QED) is 0.924. The van der Waals surface area contributed by atoms with Gasteiger partial charge >= 0.3 is 0 Å². The average molecular weight is 288 g/mol. The van der Waals surface area contributed by atoms with E-state index in [1.54, 1.807) is 12.1 Å². The van der Waals surface area contributed by atoms with Gasteiger partial charge in [0, 0.05) is 10.0 Å². The van der Waals surface area contributed by atoms with Gasteiger partial charge < -0.3 is 10.5 Å². The number of rotatable bonds is 4. The van der Waals surface area contributed by atoms with Gasteiger partial charge in [-0.3, -0.25) is 0 Å². The lowest BCUT2D eigenvalue weighted by molar-refractivity contribution is -0.0384. The molecule has 1 saturated carbocycles. The van der Waals surface area contributed by atoms with E-state index in [4.69, 9.17) is 10.5 Å². The first-order valence-corrected chi connectivity index (χ1v) is 6.24. The monoisotopic (exact) mass is 287 g/mol. The molecule has 0 aromatic heterocycles. The van der Waals surface area contributed by atoms with Crippen molar-refractivity contribution in [3.63, 3.8) is 0 Å². The van der Waals surface area contributed by atoms with Crippen LogP contribution in [0.1, 0.15) is 18.4 Å². The van der Waals surface area contributed by atoms with Crippen LogP contribution in [0.4, 0.5) is 4.39 Å². The number of hydrogen-bond donors (Lipinski definition) is 1. The molecule has 1 aliphatic carbocycles. The van der Waals surface area contributed by atoms with Gasteiger partial charge in [-0.1, -0.05) is 15.9 Å². The van der Waals surface area contributed by atoms with E-state index in [-0.39, 0.29) is 11.9 Å². The lowest BCUT2D eigenvalue weighted by atomic mass is 9.82. The Labute approximate surface area is 103 Å². The van der Waals surface area contributed by atoms with Crippen LogP contribution in [-0.2, 0) is 11.3 Å². The van der Waals surface area contributed by atoms with Crippen molar-refractivity contribution in [3.8, 4) is 0 Å². The molecule has 0 unspecified atom stereocenters. The van der Waals surface area contributed by atoms with Crippen LogP contribution in [-0.4, -0.2) is 12.6 Å². The zero-order valence-electron chi connectivity index (χ0n) is 8.96. The maximum absolute atomic E-state index is 13.4. The second kappa shape index (κ2) is 5.25. The fraction of sp³-hybridized carbons (Fsp3) is 0.500. The highest BCUT2D eigenvalue weighted by molar-refractivity contribution is 9.10. The molecule has 2 nitrogen and oxygen atoms in total. The van der Waals surface area contributed by atoms with Gasteiger partial charge in [-0.05, 0) is 43.5 Å². The average Bonchev–Trinajstić information content (AvgIpc) is 2.21. The molecule has 0 atom stereocenters. The van der Waals surface area contributed by atoms with Gasteiger partial charge in [0.05, 0.1) is 12.7 Å². The van der Waals surface area contributed by atoms with Crippen molar-refractivity contribution in [1.29, 1.82) is 0 Å². The van der Waals surface area contributed by atoms with Crippen LogP contribution in [0.3, 0.4) is 0 Å². The van der Waals surface area contributed by atoms with Gasteiger partial charge in [0.15, 0.2) is 0 Å². The zero-order chi connectivity index (χ0) is 11.5. The summed E-state index contributed by atoms with van der Waals surface area (Å²) in [7, 11) is 0. The minimum Gasteiger partial charge on any atom is -0.373 e. The van der Waals surface area contributed by atoms with E-state index in [0.717, 1.165) is 23.9 Å². The standard InChI is InChI=1S/C12H15BrFNO/c13-10-1-2-12(14)9(5-10)7-16-11-3-8(4-11)6-15/h1-2,5,8,11H,3-4,6-7,15H2. The third-order valence-corrected chi connectivity index (χ3v) is 3.50. The summed E-state index contributed by atoms with van der Waals surface area (Å²) in [4.78, 5) is 0. The van der Waals surface area contributed by atoms with Crippen LogP contribution in [0, 0.1) is 11.7 Å². The molecular formula is C12H15BrFNO. The summed E-state index contributed by atoms with van der Waals surface area (Å²) in [6, 6.07) is 4.90. The van der Waals surface area contributed by atoms with Crippen molar-refractivity contribution < 1.29 is 9.13 Å². The number of nitrogens with two attached hydrogens (primary N) is 1. The highest BCUT2D eigenvalue weighted by Crippen LogP contribution is 2.30. The van der Waals surface area contributed by atoms with Crippen LogP contribution in [0.25, 0.3) is 0 Å². The molecular weight excluding hydrogens is 273 g/mol. The first-order valence-electron chi connectivity index (χ1n) is 5.44. The molecule has 1 aromatic rings. The molecule has 0 heterocycles. The summed E-state index contributed by atoms with van der Waals surface area (Å²) in [6.45, 7) is 1.07. The summed E-state index contributed by atoms with van der Waals surface area (Å²) in [5.74, 6) is 0.384. The predicted octanol–water partition coefficient (Wildman–Crippen LogP) is 2.84. The Hall–Kier alpha value is -0.450. The first-order chi connectivity index (χ1) is 7.69. The predicted molar refractivity (Wildman–Crippen MR) is 64.5 cm³/mol. The third kappa shape index (κ3) is 2.81. The highest BCUT2D eigenvalue weighted by atomic mass is 79.9. The topological polar surface area (TPSA) is 35.2 Å². The van der Waals surface area contributed by atoms with Crippen molar-refractivity contribution in [1.82, 2.24) is 0 Å². The minimum atomic E-state index is -0.210. The number of ether oxygens (including phenoxy) is 1. The lowest BCUT2D eigenvalue weighted by Crippen LogP contribution is -2.35. The van der Waals surface area contributed by atoms with Crippen molar-refractivity contribution >= 4 is 15.9 Å². The van der Waals surface area contributed by atoms with Crippen molar-refractivity contribution in [2.45, 2.75) is 25.6 Å². The summed E-state index contributed by atoms with van der Waals surface area (Å²) in [5.41, 5.74) is 6.13. The Kier molecular flexibility index (Phi) is 3.95. The fourth-order valence-electron chi connectivity index (χ4n) is 1.86. The molecule has 16 heavy (non-hydrogen) atoms. The molecule has 88 valence electrons. The summed E-state index contributed by atoms with van der Waals surface area (Å²) in [6.07, 6.45) is 2.27. The fourth-order valence-corrected chi connectivity index (χ4v) is 2.27. The Morgan fingerprint density at radius 3 is 2.88 bits per heavy atom. The molecule has 1 aliphatic rings. The minimum absolute atomic E-state index is 0.210. The molecule has 0 spiro atoms. The second-order valence-electron chi connectivity index (χ2n) is 4.24. The number of halogens is 2. The van der Waals surface area contributed by atoms with Crippen LogP contribution in [0.2, 0.25) is 0 Å². The van der Waals surface area contributed by atoms with E-state index in [1.165, 1.54) is 6.07 Å². The van der Waals surface area contributed by atoms with E-state index in [1.807, 2.05) is 0 Å². The first kappa shape index (κ1) is 12.0. The molecule has 0 radical (unpaired) electrons. The highest BCUT2D eigenvalue weighted by Gasteiger charge is 2.28. The Morgan fingerprint density at radius 2 is 2.19 bits per heavy atom. The smallest absolute Gasteiger partial charge is 0.128 e. The molecule has 0 saturated heterocycles. The van der Waals surface area contributed by atoms with Gasteiger partial charge in [-0.2, -0.15) is 0 Å². The number of benzene rings is 1. The van der Waals surface area contributed by atoms with Gasteiger partial charge in [0.1, 0.15) is 5.82 Å². The molecule has 1 aromatic carbocycles. The molecule has 0 amide bonds. The summed E-state index contributed by atoms with van der Waals surface area (Å²) in [5, 5.41) is 0. The molecule has 1 fully saturated rings. The van der Waals surface area contributed by atoms with Gasteiger partial charge in [0.2, 0.25) is 0 Å². The normalized spacial score (nSPS) is 24.2.